The Labute approximate surface area is 148 Å². The summed E-state index contributed by atoms with van der Waals surface area (Å²) in [4.78, 5) is 26.7. The van der Waals surface area contributed by atoms with Gasteiger partial charge in [0.15, 0.2) is 9.84 Å². The summed E-state index contributed by atoms with van der Waals surface area (Å²) in [7, 11) is -3.56. The molecule has 2 saturated heterocycles. The zero-order valence-electron chi connectivity index (χ0n) is 14.6. The van der Waals surface area contributed by atoms with E-state index in [4.69, 9.17) is 0 Å². The van der Waals surface area contributed by atoms with Crippen molar-refractivity contribution in [2.45, 2.75) is 38.1 Å². The van der Waals surface area contributed by atoms with Gasteiger partial charge in [-0.05, 0) is 5.56 Å². The largest absolute Gasteiger partial charge is 0.342 e. The highest BCUT2D eigenvalue weighted by Crippen LogP contribution is 2.41. The number of hydrogen-bond acceptors (Lipinski definition) is 4. The number of sulfone groups is 1. The maximum absolute atomic E-state index is 12.8. The van der Waals surface area contributed by atoms with Crippen molar-refractivity contribution in [3.63, 3.8) is 0 Å². The zero-order valence-corrected chi connectivity index (χ0v) is 15.5. The summed E-state index contributed by atoms with van der Waals surface area (Å²) < 4.78 is 25.6. The third-order valence-corrected chi connectivity index (χ3v) is 7.63. The minimum Gasteiger partial charge on any atom is -0.342 e. The van der Waals surface area contributed by atoms with E-state index >= 15 is 0 Å². The molecule has 0 bridgehead atoms. The van der Waals surface area contributed by atoms with Gasteiger partial charge in [-0.15, -0.1) is 0 Å². The Morgan fingerprint density at radius 3 is 2.32 bits per heavy atom. The van der Waals surface area contributed by atoms with Crippen molar-refractivity contribution in [2.24, 2.45) is 5.92 Å². The minimum atomic E-state index is -3.56. The van der Waals surface area contributed by atoms with E-state index in [9.17, 15) is 18.0 Å². The molecule has 7 heteroatoms. The summed E-state index contributed by atoms with van der Waals surface area (Å²) in [6.45, 7) is 4.70. The molecule has 1 spiro atoms. The van der Waals surface area contributed by atoms with Crippen LogP contribution in [0.15, 0.2) is 30.3 Å². The fraction of sp³-hybridized carbons (Fsp3) is 0.556. The topological polar surface area (TPSA) is 74.8 Å². The highest BCUT2D eigenvalue weighted by molar-refractivity contribution is 7.93. The Kier molecular flexibility index (Phi) is 4.62. The molecule has 136 valence electrons. The molecule has 0 N–H and O–H groups in total. The van der Waals surface area contributed by atoms with E-state index in [0.29, 0.717) is 13.1 Å². The number of benzene rings is 1. The number of amides is 2. The zero-order chi connectivity index (χ0) is 18.2. The maximum Gasteiger partial charge on any atom is 0.239 e. The van der Waals surface area contributed by atoms with Crippen LogP contribution in [0.3, 0.4) is 0 Å². The fourth-order valence-corrected chi connectivity index (χ4v) is 5.85. The van der Waals surface area contributed by atoms with Crippen LogP contribution in [0.4, 0.5) is 0 Å². The van der Waals surface area contributed by atoms with E-state index in [0.717, 1.165) is 5.56 Å². The molecule has 1 aromatic carbocycles. The second-order valence-electron chi connectivity index (χ2n) is 7.15. The van der Waals surface area contributed by atoms with Gasteiger partial charge in [-0.25, -0.2) is 8.42 Å². The molecule has 2 aliphatic rings. The third-order valence-electron chi connectivity index (χ3n) is 5.22. The lowest BCUT2D eigenvalue weighted by Crippen LogP contribution is -2.57. The first-order valence-corrected chi connectivity index (χ1v) is 10.3. The van der Waals surface area contributed by atoms with Gasteiger partial charge in [-0.2, -0.15) is 0 Å². The maximum atomic E-state index is 12.8. The molecule has 0 radical (unpaired) electrons. The molecule has 2 amide bonds. The molecular weight excluding hydrogens is 340 g/mol. The van der Waals surface area contributed by atoms with Crippen LogP contribution >= 0.6 is 0 Å². The first-order valence-electron chi connectivity index (χ1n) is 8.62. The molecule has 0 saturated carbocycles. The van der Waals surface area contributed by atoms with Crippen molar-refractivity contribution in [1.82, 2.24) is 9.80 Å². The summed E-state index contributed by atoms with van der Waals surface area (Å²) in [5.74, 6) is -0.854. The molecule has 2 aliphatic heterocycles. The quantitative estimate of drug-likeness (QED) is 0.813. The fourth-order valence-electron chi connectivity index (χ4n) is 3.79. The van der Waals surface area contributed by atoms with Crippen molar-refractivity contribution in [3.05, 3.63) is 35.9 Å². The van der Waals surface area contributed by atoms with Crippen LogP contribution in [0.5, 0.6) is 0 Å². The molecule has 1 aromatic rings. The Bertz CT molecular complexity index is 766. The van der Waals surface area contributed by atoms with Crippen molar-refractivity contribution >= 4 is 21.7 Å². The summed E-state index contributed by atoms with van der Waals surface area (Å²) in [6.07, 6.45) is 0.568. The summed E-state index contributed by atoms with van der Waals surface area (Å²) in [5, 5.41) is 0. The number of piperidine rings is 1. The molecule has 0 atom stereocenters. The summed E-state index contributed by atoms with van der Waals surface area (Å²) in [6, 6.07) is 9.42. The molecule has 0 unspecified atom stereocenters. The van der Waals surface area contributed by atoms with Crippen LogP contribution in [-0.2, 0) is 26.0 Å². The molecule has 2 heterocycles. The van der Waals surface area contributed by atoms with Crippen LogP contribution in [0.25, 0.3) is 0 Å². The highest BCUT2D eigenvalue weighted by Gasteiger charge is 2.58. The standard InChI is InChI=1S/C18H24N2O4S/c1-14(2)17(22)19-10-8-18(9-11-19)20(16(21)13-25(18,23)24)12-15-6-4-3-5-7-15/h3-7,14H,8-13H2,1-2H3. The first kappa shape index (κ1) is 17.9. The average Bonchev–Trinajstić information content (AvgIpc) is 2.76. The van der Waals surface area contributed by atoms with Crippen molar-refractivity contribution in [3.8, 4) is 0 Å². The second-order valence-corrected chi connectivity index (χ2v) is 9.43. The van der Waals surface area contributed by atoms with E-state index in [1.165, 1.54) is 4.90 Å². The molecular formula is C18H24N2O4S. The summed E-state index contributed by atoms with van der Waals surface area (Å²) in [5.41, 5.74) is 0.910. The van der Waals surface area contributed by atoms with Crippen LogP contribution in [0, 0.1) is 5.92 Å². The Hall–Kier alpha value is -1.89. The SMILES string of the molecule is CC(C)C(=O)N1CCC2(CC1)N(Cc1ccccc1)C(=O)CS2(=O)=O. The van der Waals surface area contributed by atoms with Gasteiger partial charge >= 0.3 is 0 Å². The predicted octanol–water partition coefficient (Wildman–Crippen LogP) is 1.42. The first-order chi connectivity index (χ1) is 11.8. The van der Waals surface area contributed by atoms with Gasteiger partial charge in [0.25, 0.3) is 0 Å². The lowest BCUT2D eigenvalue weighted by atomic mass is 10.00. The lowest BCUT2D eigenvalue weighted by Gasteiger charge is -2.43. The minimum absolute atomic E-state index is 0.0335. The Balaban J connectivity index is 1.86. The van der Waals surface area contributed by atoms with Gasteiger partial charge in [0.1, 0.15) is 10.6 Å². The van der Waals surface area contributed by atoms with Crippen LogP contribution in [0.1, 0.15) is 32.3 Å². The molecule has 0 aliphatic carbocycles. The molecule has 2 fully saturated rings. The summed E-state index contributed by atoms with van der Waals surface area (Å²) >= 11 is 0. The molecule has 25 heavy (non-hydrogen) atoms. The lowest BCUT2D eigenvalue weighted by molar-refractivity contribution is -0.138. The van der Waals surface area contributed by atoms with Gasteiger partial charge in [0, 0.05) is 38.4 Å². The smallest absolute Gasteiger partial charge is 0.239 e. The van der Waals surface area contributed by atoms with Gasteiger partial charge in [-0.1, -0.05) is 44.2 Å². The number of rotatable bonds is 3. The van der Waals surface area contributed by atoms with Gasteiger partial charge in [-0.3, -0.25) is 9.59 Å². The normalized spacial score (nSPS) is 22.0. The monoisotopic (exact) mass is 364 g/mol. The van der Waals surface area contributed by atoms with Crippen molar-refractivity contribution < 1.29 is 18.0 Å². The molecule has 0 aromatic heterocycles. The van der Waals surface area contributed by atoms with Crippen LogP contribution in [-0.4, -0.2) is 53.7 Å². The Morgan fingerprint density at radius 2 is 1.76 bits per heavy atom. The van der Waals surface area contributed by atoms with Crippen LogP contribution in [0.2, 0.25) is 0 Å². The van der Waals surface area contributed by atoms with Gasteiger partial charge in [0.05, 0.1) is 0 Å². The highest BCUT2D eigenvalue weighted by atomic mass is 32.2. The molecule has 3 rings (SSSR count). The molecule has 6 nitrogen and oxygen atoms in total. The number of likely N-dealkylation sites (tertiary alicyclic amines) is 1. The van der Waals surface area contributed by atoms with Crippen LogP contribution < -0.4 is 0 Å². The number of carbonyl (C=O) groups is 2. The van der Waals surface area contributed by atoms with Gasteiger partial charge < -0.3 is 9.80 Å². The Morgan fingerprint density at radius 1 is 1.16 bits per heavy atom. The van der Waals surface area contributed by atoms with E-state index in [2.05, 4.69) is 0 Å². The van der Waals surface area contributed by atoms with E-state index < -0.39 is 20.5 Å². The van der Waals surface area contributed by atoms with E-state index in [1.54, 1.807) is 4.90 Å². The number of nitrogens with zero attached hydrogens (tertiary/aromatic N) is 2. The third kappa shape index (κ3) is 3.05. The van der Waals surface area contributed by atoms with E-state index in [1.807, 2.05) is 44.2 Å². The van der Waals surface area contributed by atoms with Crippen molar-refractivity contribution in [2.75, 3.05) is 18.8 Å². The average molecular weight is 364 g/mol. The number of hydrogen-bond donors (Lipinski definition) is 0. The van der Waals surface area contributed by atoms with E-state index in [-0.39, 0.29) is 37.1 Å². The predicted molar refractivity (Wildman–Crippen MR) is 94.2 cm³/mol. The van der Waals surface area contributed by atoms with Crippen molar-refractivity contribution in [1.29, 1.82) is 0 Å². The second kappa shape index (κ2) is 6.44. The number of carbonyl (C=O) groups excluding carboxylic acids is 2. The van der Waals surface area contributed by atoms with Gasteiger partial charge in [0.2, 0.25) is 11.8 Å².